The molecule has 3 rings (SSSR count). The van der Waals surface area contributed by atoms with Gasteiger partial charge in [-0.1, -0.05) is 0 Å². The van der Waals surface area contributed by atoms with Gasteiger partial charge in [0.25, 0.3) is 5.56 Å². The zero-order valence-corrected chi connectivity index (χ0v) is 21.6. The van der Waals surface area contributed by atoms with Crippen LogP contribution in [0.2, 0.25) is 0 Å². The number of phosphoric acid groups is 2. The number of H-pyrrole nitrogens is 1. The summed E-state index contributed by atoms with van der Waals surface area (Å²) in [6.45, 7) is -1.10. The highest BCUT2D eigenvalue weighted by molar-refractivity contribution is 7.85. The van der Waals surface area contributed by atoms with E-state index in [1.165, 1.54) is 0 Å². The lowest BCUT2D eigenvalue weighted by atomic mass is 10.0. The van der Waals surface area contributed by atoms with Crippen molar-refractivity contribution in [3.63, 3.8) is 0 Å². The number of phosphoric ester groups is 2. The molecule has 2 aliphatic rings. The molecule has 11 atom stereocenters. The Hall–Kier alpha value is -1.43. The second-order valence-corrected chi connectivity index (χ2v) is 12.7. The molecule has 39 heavy (non-hydrogen) atoms. The van der Waals surface area contributed by atoms with Crippen LogP contribution < -0.4 is 11.2 Å². The van der Waals surface area contributed by atoms with Crippen molar-refractivity contribution >= 4 is 25.8 Å². The molecule has 1 aromatic rings. The Balaban J connectivity index is 1.63. The maximum Gasteiger partial charge on any atom is 0.483 e. The molecule has 21 nitrogen and oxygen atoms in total. The molecular formula is C15H23N2O19P2S-. The number of hydrogen-bond acceptors (Lipinski definition) is 17. The van der Waals surface area contributed by atoms with Crippen LogP contribution in [0.4, 0.5) is 0 Å². The highest BCUT2D eigenvalue weighted by Crippen LogP contribution is 2.61. The summed E-state index contributed by atoms with van der Waals surface area (Å²) in [5.74, 6) is -1.46. The highest BCUT2D eigenvalue weighted by Gasteiger charge is 2.50. The Morgan fingerprint density at radius 1 is 0.949 bits per heavy atom. The second-order valence-electron chi connectivity index (χ2n) is 8.22. The van der Waals surface area contributed by atoms with Gasteiger partial charge in [0.2, 0.25) is 0 Å². The van der Waals surface area contributed by atoms with Gasteiger partial charge in [0.05, 0.1) is 22.5 Å². The van der Waals surface area contributed by atoms with Crippen LogP contribution in [0.5, 0.6) is 0 Å². The maximum atomic E-state index is 12.2. The van der Waals surface area contributed by atoms with Crippen LogP contribution in [0.25, 0.3) is 0 Å². The molecule has 0 saturated carbocycles. The molecule has 3 heterocycles. The lowest BCUT2D eigenvalue weighted by molar-refractivity contribution is -0.270. The van der Waals surface area contributed by atoms with Gasteiger partial charge in [0, 0.05) is 12.3 Å². The Morgan fingerprint density at radius 3 is 2.15 bits per heavy atom. The number of ether oxygens (including phenoxy) is 2. The molecule has 11 unspecified atom stereocenters. The third-order valence-electron chi connectivity index (χ3n) is 5.34. The molecule has 0 amide bonds. The molecule has 2 aliphatic heterocycles. The largest absolute Gasteiger partial charge is 0.748 e. The number of hydrogen-bond donors (Lipinski definition) is 8. The quantitative estimate of drug-likeness (QED) is 0.0885. The average Bonchev–Trinajstić information content (AvgIpc) is 3.06. The van der Waals surface area contributed by atoms with E-state index in [0.717, 1.165) is 12.3 Å². The second kappa shape index (κ2) is 11.8. The predicted octanol–water partition coefficient (Wildman–Crippen LogP) is -5.24. The first kappa shape index (κ1) is 32.1. The molecule has 0 bridgehead atoms. The van der Waals surface area contributed by atoms with Gasteiger partial charge in [-0.05, 0) is 0 Å². The molecule has 2 saturated heterocycles. The van der Waals surface area contributed by atoms with Crippen molar-refractivity contribution < 1.29 is 80.3 Å². The summed E-state index contributed by atoms with van der Waals surface area (Å²) >= 11 is 0. The van der Waals surface area contributed by atoms with Crippen molar-refractivity contribution in [2.24, 2.45) is 0 Å². The van der Waals surface area contributed by atoms with Crippen LogP contribution in [0.1, 0.15) is 6.23 Å². The molecule has 0 spiro atoms. The molecule has 0 aromatic carbocycles. The Bertz CT molecular complexity index is 1350. The van der Waals surface area contributed by atoms with Gasteiger partial charge in [-0.25, -0.2) is 22.3 Å². The summed E-state index contributed by atoms with van der Waals surface area (Å²) in [6, 6.07) is 0.900. The van der Waals surface area contributed by atoms with E-state index in [4.69, 9.17) is 9.47 Å². The number of rotatable bonds is 10. The fourth-order valence-corrected chi connectivity index (χ4v) is 6.38. The number of aliphatic hydroxyl groups excluding tert-OH is 5. The van der Waals surface area contributed by atoms with Crippen LogP contribution in [-0.4, -0.2) is 119 Å². The standard InChI is InChI=1S/C15H24N2O19P2S/c18-7-1-2-17(15(24)16-7)13-11(22)8(19)5(33-13)3-32-37(25,26)36-38(27,28)35-14-12(23)10(21)9(20)6(34-14)4-39(29,30)31/h1-2,5-6,8-14,19-23H,3-4H2,(H,25,26)(H,27,28)(H,16,18,24)(H,29,30,31)/p-1. The van der Waals surface area contributed by atoms with Crippen LogP contribution in [0, 0.1) is 0 Å². The summed E-state index contributed by atoms with van der Waals surface area (Å²) < 4.78 is 80.7. The summed E-state index contributed by atoms with van der Waals surface area (Å²) in [5.41, 5.74) is -1.81. The van der Waals surface area contributed by atoms with E-state index in [1.54, 1.807) is 0 Å². The lowest BCUT2D eigenvalue weighted by Gasteiger charge is -2.40. The van der Waals surface area contributed by atoms with Crippen LogP contribution in [0.3, 0.4) is 0 Å². The van der Waals surface area contributed by atoms with E-state index in [1.807, 2.05) is 4.98 Å². The average molecular weight is 629 g/mol. The Morgan fingerprint density at radius 2 is 1.56 bits per heavy atom. The van der Waals surface area contributed by atoms with Crippen LogP contribution in [0.15, 0.2) is 21.9 Å². The van der Waals surface area contributed by atoms with E-state index in [2.05, 4.69) is 13.4 Å². The van der Waals surface area contributed by atoms with E-state index in [0.29, 0.717) is 4.57 Å². The van der Waals surface area contributed by atoms with E-state index in [9.17, 15) is 67.0 Å². The zero-order chi connectivity index (χ0) is 29.5. The third-order valence-corrected chi connectivity index (χ3v) is 8.68. The van der Waals surface area contributed by atoms with Gasteiger partial charge in [0.15, 0.2) is 12.5 Å². The van der Waals surface area contributed by atoms with Gasteiger partial charge in [0.1, 0.15) is 42.7 Å². The first-order chi connectivity index (χ1) is 17.8. The fraction of sp³-hybridized carbons (Fsp3) is 0.733. The SMILES string of the molecule is O=c1ccn(C2OC(COP(=O)(O)OP(=O)(O)OC3OC(CS(=O)(=O)[O-])C(O)C(O)C3O)C(O)C2O)c(=O)[nH]1. The van der Waals surface area contributed by atoms with Gasteiger partial charge in [-0.15, -0.1) is 0 Å². The molecule has 0 aliphatic carbocycles. The predicted molar refractivity (Wildman–Crippen MR) is 116 cm³/mol. The molecule has 1 aromatic heterocycles. The summed E-state index contributed by atoms with van der Waals surface area (Å²) in [7, 11) is -16.5. The first-order valence-electron chi connectivity index (χ1n) is 10.5. The van der Waals surface area contributed by atoms with Crippen molar-refractivity contribution in [1.29, 1.82) is 0 Å². The van der Waals surface area contributed by atoms with Crippen molar-refractivity contribution in [3.8, 4) is 0 Å². The Kier molecular flexibility index (Phi) is 9.72. The monoisotopic (exact) mass is 629 g/mol. The zero-order valence-electron chi connectivity index (χ0n) is 19.0. The number of nitrogens with zero attached hydrogens (tertiary/aromatic N) is 1. The molecular weight excluding hydrogens is 606 g/mol. The number of aromatic amines is 1. The normalized spacial score (nSPS) is 36.8. The van der Waals surface area contributed by atoms with Crippen molar-refractivity contribution in [1.82, 2.24) is 9.55 Å². The summed E-state index contributed by atoms with van der Waals surface area (Å²) in [6.07, 6.45) is -17.2. The lowest BCUT2D eigenvalue weighted by Crippen LogP contribution is -2.59. The van der Waals surface area contributed by atoms with Crippen molar-refractivity contribution in [2.75, 3.05) is 12.4 Å². The number of nitrogens with one attached hydrogen (secondary N) is 1. The minimum atomic E-state index is -5.78. The Labute approximate surface area is 216 Å². The van der Waals surface area contributed by atoms with Gasteiger partial charge >= 0.3 is 21.3 Å². The fourth-order valence-electron chi connectivity index (χ4n) is 3.54. The summed E-state index contributed by atoms with van der Waals surface area (Å²) in [5, 5.41) is 49.7. The summed E-state index contributed by atoms with van der Waals surface area (Å²) in [4.78, 5) is 44.6. The number of aliphatic hydroxyl groups is 5. The first-order valence-corrected chi connectivity index (χ1v) is 15.0. The molecule has 0 radical (unpaired) electrons. The van der Waals surface area contributed by atoms with Gasteiger partial charge in [-0.3, -0.25) is 23.4 Å². The van der Waals surface area contributed by atoms with Crippen LogP contribution >= 0.6 is 15.6 Å². The minimum Gasteiger partial charge on any atom is -0.748 e. The van der Waals surface area contributed by atoms with E-state index < -0.39 is 105 Å². The number of aromatic nitrogens is 2. The van der Waals surface area contributed by atoms with E-state index >= 15 is 0 Å². The minimum absolute atomic E-state index is 0.687. The van der Waals surface area contributed by atoms with Crippen LogP contribution in [-0.2, 0) is 42.1 Å². The molecule has 24 heteroatoms. The highest BCUT2D eigenvalue weighted by atomic mass is 32.2. The maximum absolute atomic E-state index is 12.2. The van der Waals surface area contributed by atoms with E-state index in [-0.39, 0.29) is 0 Å². The van der Waals surface area contributed by atoms with Crippen molar-refractivity contribution in [2.45, 2.75) is 55.2 Å². The smallest absolute Gasteiger partial charge is 0.483 e. The van der Waals surface area contributed by atoms with Crippen molar-refractivity contribution in [3.05, 3.63) is 33.1 Å². The third kappa shape index (κ3) is 8.07. The molecule has 2 fully saturated rings. The topological polar surface area (TPSA) is 334 Å². The molecule has 8 N–H and O–H groups in total. The van der Waals surface area contributed by atoms with Gasteiger partial charge < -0.3 is 49.3 Å². The molecule has 224 valence electrons. The van der Waals surface area contributed by atoms with Gasteiger partial charge in [-0.2, -0.15) is 4.31 Å².